The van der Waals surface area contributed by atoms with E-state index in [4.69, 9.17) is 5.11 Å². The van der Waals surface area contributed by atoms with Crippen molar-refractivity contribution in [1.82, 2.24) is 14.8 Å². The molecule has 1 aromatic rings. The molecule has 1 aliphatic rings. The molecule has 82 valence electrons. The first-order valence-electron chi connectivity index (χ1n) is 4.92. The van der Waals surface area contributed by atoms with Crippen molar-refractivity contribution < 1.29 is 9.90 Å². The topological polar surface area (TPSA) is 68.0 Å². The minimum Gasteiger partial charge on any atom is -0.481 e. The molecular formula is C9H13N3O2S. The van der Waals surface area contributed by atoms with E-state index < -0.39 is 5.97 Å². The first kappa shape index (κ1) is 10.5. The molecule has 0 spiro atoms. The Morgan fingerprint density at radius 1 is 1.80 bits per heavy atom. The van der Waals surface area contributed by atoms with Gasteiger partial charge >= 0.3 is 5.97 Å². The summed E-state index contributed by atoms with van der Waals surface area (Å²) in [5, 5.41) is 17.1. The van der Waals surface area contributed by atoms with Gasteiger partial charge in [-0.25, -0.2) is 0 Å². The van der Waals surface area contributed by atoms with Crippen LogP contribution in [0.5, 0.6) is 0 Å². The van der Waals surface area contributed by atoms with E-state index in [0.29, 0.717) is 17.1 Å². The SMILES string of the molecule is CC(C1CC1)n1cnnc1SCC(=O)O. The molecule has 0 saturated heterocycles. The highest BCUT2D eigenvalue weighted by molar-refractivity contribution is 7.99. The van der Waals surface area contributed by atoms with Crippen molar-refractivity contribution in [2.24, 2.45) is 5.92 Å². The van der Waals surface area contributed by atoms with Crippen LogP contribution in [0, 0.1) is 5.92 Å². The molecule has 1 fully saturated rings. The Labute approximate surface area is 91.9 Å². The Kier molecular flexibility index (Phi) is 2.95. The molecule has 1 aromatic heterocycles. The molecule has 1 N–H and O–H groups in total. The van der Waals surface area contributed by atoms with Gasteiger partial charge in [-0.05, 0) is 25.7 Å². The van der Waals surface area contributed by atoms with Gasteiger partial charge in [0.05, 0.1) is 5.75 Å². The van der Waals surface area contributed by atoms with Crippen LogP contribution in [0.15, 0.2) is 11.5 Å². The third-order valence-electron chi connectivity index (χ3n) is 2.61. The molecule has 1 atom stereocenters. The third kappa shape index (κ3) is 2.50. The highest BCUT2D eigenvalue weighted by atomic mass is 32.2. The summed E-state index contributed by atoms with van der Waals surface area (Å²) in [5.41, 5.74) is 0. The Balaban J connectivity index is 2.03. The summed E-state index contributed by atoms with van der Waals surface area (Å²) in [7, 11) is 0. The second-order valence-corrected chi connectivity index (χ2v) is 4.72. The van der Waals surface area contributed by atoms with Crippen LogP contribution in [0.1, 0.15) is 25.8 Å². The normalized spacial score (nSPS) is 17.7. The van der Waals surface area contributed by atoms with Gasteiger partial charge in [-0.2, -0.15) is 0 Å². The molecule has 1 aliphatic carbocycles. The van der Waals surface area contributed by atoms with Crippen LogP contribution in [-0.2, 0) is 4.79 Å². The molecule has 0 bridgehead atoms. The molecule has 1 unspecified atom stereocenters. The lowest BCUT2D eigenvalue weighted by Gasteiger charge is -2.13. The molecule has 0 amide bonds. The quantitative estimate of drug-likeness (QED) is 0.771. The van der Waals surface area contributed by atoms with E-state index in [9.17, 15) is 4.79 Å². The maximum Gasteiger partial charge on any atom is 0.313 e. The predicted octanol–water partition coefficient (Wildman–Crippen LogP) is 1.43. The number of hydrogen-bond acceptors (Lipinski definition) is 4. The number of carbonyl (C=O) groups is 1. The molecule has 0 aromatic carbocycles. The van der Waals surface area contributed by atoms with Crippen molar-refractivity contribution in [2.45, 2.75) is 31.0 Å². The van der Waals surface area contributed by atoms with Crippen LogP contribution in [0.3, 0.4) is 0 Å². The molecule has 15 heavy (non-hydrogen) atoms. The zero-order chi connectivity index (χ0) is 10.8. The first-order chi connectivity index (χ1) is 7.18. The highest BCUT2D eigenvalue weighted by Crippen LogP contribution is 2.40. The van der Waals surface area contributed by atoms with Gasteiger partial charge in [0.15, 0.2) is 5.16 Å². The lowest BCUT2D eigenvalue weighted by atomic mass is 10.2. The fraction of sp³-hybridized carbons (Fsp3) is 0.667. The second kappa shape index (κ2) is 4.22. The van der Waals surface area contributed by atoms with E-state index in [2.05, 4.69) is 17.1 Å². The van der Waals surface area contributed by atoms with Crippen molar-refractivity contribution in [3.8, 4) is 0 Å². The minimum absolute atomic E-state index is 0.0378. The number of rotatable bonds is 5. The molecule has 1 saturated carbocycles. The maximum atomic E-state index is 10.4. The minimum atomic E-state index is -0.825. The molecule has 6 heteroatoms. The van der Waals surface area contributed by atoms with E-state index in [0.717, 1.165) is 0 Å². The van der Waals surface area contributed by atoms with Gasteiger partial charge in [0.25, 0.3) is 0 Å². The van der Waals surface area contributed by atoms with Gasteiger partial charge in [-0.3, -0.25) is 4.79 Å². The van der Waals surface area contributed by atoms with Crippen molar-refractivity contribution in [2.75, 3.05) is 5.75 Å². The van der Waals surface area contributed by atoms with Crippen LogP contribution < -0.4 is 0 Å². The molecule has 5 nitrogen and oxygen atoms in total. The molecular weight excluding hydrogens is 214 g/mol. The highest BCUT2D eigenvalue weighted by Gasteiger charge is 2.30. The molecule has 1 heterocycles. The smallest absolute Gasteiger partial charge is 0.313 e. The van der Waals surface area contributed by atoms with Gasteiger partial charge in [0.2, 0.25) is 0 Å². The fourth-order valence-electron chi connectivity index (χ4n) is 1.55. The number of hydrogen-bond donors (Lipinski definition) is 1. The van der Waals surface area contributed by atoms with Crippen molar-refractivity contribution in [1.29, 1.82) is 0 Å². The van der Waals surface area contributed by atoms with Crippen LogP contribution in [0.2, 0.25) is 0 Å². The number of thioether (sulfide) groups is 1. The van der Waals surface area contributed by atoms with Crippen molar-refractivity contribution in [3.63, 3.8) is 0 Å². The predicted molar refractivity (Wildman–Crippen MR) is 55.8 cm³/mol. The zero-order valence-electron chi connectivity index (χ0n) is 8.46. The van der Waals surface area contributed by atoms with Gasteiger partial charge in [-0.15, -0.1) is 10.2 Å². The Morgan fingerprint density at radius 3 is 3.13 bits per heavy atom. The van der Waals surface area contributed by atoms with Gasteiger partial charge in [-0.1, -0.05) is 11.8 Å². The number of carboxylic acids is 1. The van der Waals surface area contributed by atoms with Crippen LogP contribution in [-0.4, -0.2) is 31.6 Å². The van der Waals surface area contributed by atoms with Crippen LogP contribution >= 0.6 is 11.8 Å². The number of nitrogens with zero attached hydrogens (tertiary/aromatic N) is 3. The van der Waals surface area contributed by atoms with Gasteiger partial charge in [0.1, 0.15) is 6.33 Å². The van der Waals surface area contributed by atoms with E-state index in [1.54, 1.807) is 6.33 Å². The third-order valence-corrected chi connectivity index (χ3v) is 3.55. The summed E-state index contributed by atoms with van der Waals surface area (Å²) in [6, 6.07) is 0.385. The summed E-state index contributed by atoms with van der Waals surface area (Å²) < 4.78 is 1.98. The Hall–Kier alpha value is -1.04. The molecule has 2 rings (SSSR count). The van der Waals surface area contributed by atoms with Gasteiger partial charge in [0, 0.05) is 6.04 Å². The van der Waals surface area contributed by atoms with E-state index >= 15 is 0 Å². The lowest BCUT2D eigenvalue weighted by molar-refractivity contribution is -0.133. The second-order valence-electron chi connectivity index (χ2n) is 3.78. The van der Waals surface area contributed by atoms with E-state index in [-0.39, 0.29) is 5.75 Å². The largest absolute Gasteiger partial charge is 0.481 e. The van der Waals surface area contributed by atoms with Crippen molar-refractivity contribution >= 4 is 17.7 Å². The fourth-order valence-corrected chi connectivity index (χ4v) is 2.27. The van der Waals surface area contributed by atoms with E-state index in [1.165, 1.54) is 24.6 Å². The van der Waals surface area contributed by atoms with E-state index in [1.807, 2.05) is 4.57 Å². The summed E-state index contributed by atoms with van der Waals surface area (Å²) in [4.78, 5) is 10.4. The number of carboxylic acid groups (broad SMARTS) is 1. The first-order valence-corrected chi connectivity index (χ1v) is 5.91. The monoisotopic (exact) mass is 227 g/mol. The number of aromatic nitrogens is 3. The maximum absolute atomic E-state index is 10.4. The van der Waals surface area contributed by atoms with Crippen LogP contribution in [0.25, 0.3) is 0 Å². The van der Waals surface area contributed by atoms with Crippen molar-refractivity contribution in [3.05, 3.63) is 6.33 Å². The molecule has 0 radical (unpaired) electrons. The summed E-state index contributed by atoms with van der Waals surface area (Å²) in [6.45, 7) is 2.13. The summed E-state index contributed by atoms with van der Waals surface area (Å²) in [6.07, 6.45) is 4.19. The summed E-state index contributed by atoms with van der Waals surface area (Å²) in [5.74, 6) is -0.0744. The summed E-state index contributed by atoms with van der Waals surface area (Å²) >= 11 is 1.23. The Bertz CT molecular complexity index is 362. The average Bonchev–Trinajstić information content (AvgIpc) is 2.93. The van der Waals surface area contributed by atoms with Crippen LogP contribution in [0.4, 0.5) is 0 Å². The Morgan fingerprint density at radius 2 is 2.53 bits per heavy atom. The zero-order valence-corrected chi connectivity index (χ0v) is 9.28. The lowest BCUT2D eigenvalue weighted by Crippen LogP contribution is -2.08. The van der Waals surface area contributed by atoms with Gasteiger partial charge < -0.3 is 9.67 Å². The average molecular weight is 227 g/mol. The standard InChI is InChI=1S/C9H13N3O2S/c1-6(7-2-3-7)12-5-10-11-9(12)15-4-8(13)14/h5-7H,2-4H2,1H3,(H,13,14). The molecule has 0 aliphatic heterocycles. The number of aliphatic carboxylic acids is 1.